The molecule has 3 nitrogen and oxygen atoms in total. The van der Waals surface area contributed by atoms with E-state index in [4.69, 9.17) is 0 Å². The molecule has 0 radical (unpaired) electrons. The van der Waals surface area contributed by atoms with Crippen LogP contribution in [0.25, 0.3) is 0 Å². The van der Waals surface area contributed by atoms with Crippen molar-refractivity contribution in [1.29, 1.82) is 0 Å². The van der Waals surface area contributed by atoms with Crippen LogP contribution in [0.3, 0.4) is 0 Å². The van der Waals surface area contributed by atoms with Crippen LogP contribution >= 0.6 is 0 Å². The van der Waals surface area contributed by atoms with Gasteiger partial charge in [0, 0.05) is 12.6 Å². The number of amides is 1. The molecule has 0 saturated carbocycles. The van der Waals surface area contributed by atoms with Gasteiger partial charge in [-0.3, -0.25) is 9.78 Å². The van der Waals surface area contributed by atoms with Crippen molar-refractivity contribution >= 4 is 5.91 Å². The van der Waals surface area contributed by atoms with E-state index in [0.717, 1.165) is 0 Å². The predicted octanol–water partition coefficient (Wildman–Crippen LogP) is 2.27. The topological polar surface area (TPSA) is 42.0 Å². The maximum atomic E-state index is 13.2. The molecule has 1 rings (SSSR count). The molecule has 0 fully saturated rings. The van der Waals surface area contributed by atoms with Gasteiger partial charge < -0.3 is 5.32 Å². The summed E-state index contributed by atoms with van der Waals surface area (Å²) >= 11 is 0. The van der Waals surface area contributed by atoms with E-state index in [1.54, 1.807) is 0 Å². The van der Waals surface area contributed by atoms with Crippen LogP contribution in [0.2, 0.25) is 0 Å². The Hall–Kier alpha value is -1.45. The van der Waals surface area contributed by atoms with Crippen LogP contribution in [0.5, 0.6) is 0 Å². The highest BCUT2D eigenvalue weighted by Crippen LogP contribution is 2.17. The normalized spacial score (nSPS) is 11.2. The molecule has 0 saturated heterocycles. The van der Waals surface area contributed by atoms with E-state index < -0.39 is 5.82 Å². The highest BCUT2D eigenvalue weighted by molar-refractivity contribution is 5.76. The fourth-order valence-corrected chi connectivity index (χ4v) is 1.27. The summed E-state index contributed by atoms with van der Waals surface area (Å²) in [5.74, 6) is -0.476. The molecule has 1 amide bonds. The molecule has 1 aromatic heterocycles. The second-order valence-corrected chi connectivity index (χ2v) is 4.95. The second kappa shape index (κ2) is 5.05. The highest BCUT2D eigenvalue weighted by atomic mass is 19.1. The van der Waals surface area contributed by atoms with E-state index in [-0.39, 0.29) is 23.6 Å². The van der Waals surface area contributed by atoms with E-state index >= 15 is 0 Å². The van der Waals surface area contributed by atoms with Crippen molar-refractivity contribution in [3.05, 3.63) is 29.8 Å². The summed E-state index contributed by atoms with van der Waals surface area (Å²) in [6.45, 7) is 6.08. The molecule has 1 aromatic rings. The molecule has 0 unspecified atom stereocenters. The first-order valence-corrected chi connectivity index (χ1v) is 5.24. The fourth-order valence-electron chi connectivity index (χ4n) is 1.27. The number of nitrogens with one attached hydrogen (secondary N) is 1. The average Bonchev–Trinajstić information content (AvgIpc) is 2.14. The monoisotopic (exact) mass is 224 g/mol. The summed E-state index contributed by atoms with van der Waals surface area (Å²) in [5, 5.41) is 2.65. The zero-order chi connectivity index (χ0) is 12.2. The molecule has 0 atom stereocenters. The molecular weight excluding hydrogens is 207 g/mol. The summed E-state index contributed by atoms with van der Waals surface area (Å²) < 4.78 is 13.2. The quantitative estimate of drug-likeness (QED) is 0.855. The van der Waals surface area contributed by atoms with E-state index in [9.17, 15) is 9.18 Å². The van der Waals surface area contributed by atoms with Crippen LogP contribution in [0.4, 0.5) is 4.39 Å². The Balaban J connectivity index is 2.47. The van der Waals surface area contributed by atoms with E-state index in [2.05, 4.69) is 10.3 Å². The predicted molar refractivity (Wildman–Crippen MR) is 60.1 cm³/mol. The standard InChI is InChI=1S/C12H17FN2O/c1-12(2,3)7-11(16)15-8-10-9(13)5-4-6-14-10/h4-6H,7-8H2,1-3H3,(H,15,16). The molecule has 1 heterocycles. The third kappa shape index (κ3) is 4.38. The summed E-state index contributed by atoms with van der Waals surface area (Å²) in [5.41, 5.74) is 0.206. The summed E-state index contributed by atoms with van der Waals surface area (Å²) in [7, 11) is 0. The minimum Gasteiger partial charge on any atom is -0.350 e. The number of halogens is 1. The van der Waals surface area contributed by atoms with Gasteiger partial charge in [0.25, 0.3) is 0 Å². The second-order valence-electron chi connectivity index (χ2n) is 4.95. The van der Waals surface area contributed by atoms with Crippen molar-refractivity contribution in [3.8, 4) is 0 Å². The smallest absolute Gasteiger partial charge is 0.220 e. The maximum Gasteiger partial charge on any atom is 0.220 e. The van der Waals surface area contributed by atoms with Gasteiger partial charge in [-0.15, -0.1) is 0 Å². The Morgan fingerprint density at radius 3 is 2.75 bits per heavy atom. The Morgan fingerprint density at radius 1 is 1.50 bits per heavy atom. The minimum atomic E-state index is -0.390. The number of aromatic nitrogens is 1. The van der Waals surface area contributed by atoms with E-state index in [1.165, 1.54) is 18.3 Å². The third-order valence-corrected chi connectivity index (χ3v) is 1.98. The minimum absolute atomic E-state index is 0.0628. The summed E-state index contributed by atoms with van der Waals surface area (Å²) in [6, 6.07) is 2.86. The number of rotatable bonds is 3. The van der Waals surface area contributed by atoms with Gasteiger partial charge in [0.15, 0.2) is 0 Å². The third-order valence-electron chi connectivity index (χ3n) is 1.98. The van der Waals surface area contributed by atoms with E-state index in [0.29, 0.717) is 6.42 Å². The lowest BCUT2D eigenvalue weighted by Crippen LogP contribution is -2.27. The molecule has 0 aromatic carbocycles. The average molecular weight is 224 g/mol. The van der Waals surface area contributed by atoms with Crippen molar-refractivity contribution in [1.82, 2.24) is 10.3 Å². The van der Waals surface area contributed by atoms with Crippen LogP contribution < -0.4 is 5.32 Å². The maximum absolute atomic E-state index is 13.2. The molecule has 88 valence electrons. The number of carbonyl (C=O) groups excluding carboxylic acids is 1. The molecule has 0 aliphatic heterocycles. The zero-order valence-corrected chi connectivity index (χ0v) is 9.88. The Morgan fingerprint density at radius 2 is 2.19 bits per heavy atom. The molecule has 0 spiro atoms. The number of pyridine rings is 1. The van der Waals surface area contributed by atoms with Crippen molar-refractivity contribution < 1.29 is 9.18 Å². The largest absolute Gasteiger partial charge is 0.350 e. The van der Waals surface area contributed by atoms with Crippen LogP contribution in [-0.2, 0) is 11.3 Å². The lowest BCUT2D eigenvalue weighted by Gasteiger charge is -2.17. The van der Waals surface area contributed by atoms with Crippen LogP contribution in [0.1, 0.15) is 32.9 Å². The number of hydrogen-bond donors (Lipinski definition) is 1. The molecule has 0 aliphatic rings. The fraction of sp³-hybridized carbons (Fsp3) is 0.500. The lowest BCUT2D eigenvalue weighted by atomic mass is 9.92. The first-order chi connectivity index (χ1) is 7.38. The molecular formula is C12H17FN2O. The van der Waals surface area contributed by atoms with Crippen molar-refractivity contribution in [2.75, 3.05) is 0 Å². The summed E-state index contributed by atoms with van der Waals surface area (Å²) in [4.78, 5) is 15.3. The zero-order valence-electron chi connectivity index (χ0n) is 9.88. The molecule has 1 N–H and O–H groups in total. The highest BCUT2D eigenvalue weighted by Gasteiger charge is 2.15. The Bertz CT molecular complexity index is 372. The first kappa shape index (κ1) is 12.6. The molecule has 16 heavy (non-hydrogen) atoms. The van der Waals surface area contributed by atoms with Gasteiger partial charge in [0.1, 0.15) is 5.82 Å². The Kier molecular flexibility index (Phi) is 3.99. The molecule has 4 heteroatoms. The molecule has 0 aliphatic carbocycles. The summed E-state index contributed by atoms with van der Waals surface area (Å²) in [6.07, 6.45) is 1.93. The number of hydrogen-bond acceptors (Lipinski definition) is 2. The van der Waals surface area contributed by atoms with Gasteiger partial charge >= 0.3 is 0 Å². The van der Waals surface area contributed by atoms with Gasteiger partial charge in [0.2, 0.25) is 5.91 Å². The van der Waals surface area contributed by atoms with Crippen LogP contribution in [-0.4, -0.2) is 10.9 Å². The van der Waals surface area contributed by atoms with Crippen LogP contribution in [0, 0.1) is 11.2 Å². The van der Waals surface area contributed by atoms with Gasteiger partial charge in [0.05, 0.1) is 12.2 Å². The van der Waals surface area contributed by atoms with Crippen molar-refractivity contribution in [2.45, 2.75) is 33.7 Å². The van der Waals surface area contributed by atoms with Gasteiger partial charge in [-0.05, 0) is 17.5 Å². The van der Waals surface area contributed by atoms with Crippen LogP contribution in [0.15, 0.2) is 18.3 Å². The van der Waals surface area contributed by atoms with Crippen molar-refractivity contribution in [2.24, 2.45) is 5.41 Å². The Labute approximate surface area is 95.1 Å². The van der Waals surface area contributed by atoms with Crippen molar-refractivity contribution in [3.63, 3.8) is 0 Å². The first-order valence-electron chi connectivity index (χ1n) is 5.24. The lowest BCUT2D eigenvalue weighted by molar-refractivity contribution is -0.123. The van der Waals surface area contributed by atoms with Gasteiger partial charge in [-0.1, -0.05) is 20.8 Å². The SMILES string of the molecule is CC(C)(C)CC(=O)NCc1ncccc1F. The van der Waals surface area contributed by atoms with Gasteiger partial charge in [-0.2, -0.15) is 0 Å². The van der Waals surface area contributed by atoms with E-state index in [1.807, 2.05) is 20.8 Å². The number of nitrogens with zero attached hydrogens (tertiary/aromatic N) is 1. The molecule has 0 bridgehead atoms. The number of carbonyl (C=O) groups is 1. The van der Waals surface area contributed by atoms with Gasteiger partial charge in [-0.25, -0.2) is 4.39 Å².